The van der Waals surface area contributed by atoms with Gasteiger partial charge in [-0.1, -0.05) is 37.6 Å². The Labute approximate surface area is 200 Å². The summed E-state index contributed by atoms with van der Waals surface area (Å²) >= 11 is 0. The molecule has 0 bridgehead atoms. The summed E-state index contributed by atoms with van der Waals surface area (Å²) in [5.41, 5.74) is 2.97. The highest BCUT2D eigenvalue weighted by Gasteiger charge is 2.44. The number of imidazole rings is 1. The fourth-order valence-electron chi connectivity index (χ4n) is 4.58. The van der Waals surface area contributed by atoms with Gasteiger partial charge < -0.3 is 19.5 Å². The molecule has 1 fully saturated rings. The van der Waals surface area contributed by atoms with Gasteiger partial charge in [-0.3, -0.25) is 9.59 Å². The number of hydrogen-bond donors (Lipinski definition) is 1. The number of aromatic nitrogens is 2. The molecule has 1 N–H and O–H groups in total. The van der Waals surface area contributed by atoms with E-state index in [1.54, 1.807) is 19.6 Å². The Bertz CT molecular complexity index is 1090. The molecule has 1 aliphatic heterocycles. The van der Waals surface area contributed by atoms with E-state index in [1.807, 2.05) is 71.1 Å². The summed E-state index contributed by atoms with van der Waals surface area (Å²) in [7, 11) is 1.63. The molecule has 0 saturated carbocycles. The molecule has 1 aliphatic rings. The highest BCUT2D eigenvalue weighted by atomic mass is 16.5. The number of carbonyl (C=O) groups excluding carboxylic acids is 2. The molecule has 34 heavy (non-hydrogen) atoms. The van der Waals surface area contributed by atoms with E-state index in [2.05, 4.69) is 17.2 Å². The van der Waals surface area contributed by atoms with Crippen molar-refractivity contribution in [1.82, 2.24) is 19.8 Å². The van der Waals surface area contributed by atoms with Gasteiger partial charge in [0.05, 0.1) is 31.4 Å². The summed E-state index contributed by atoms with van der Waals surface area (Å²) in [6, 6.07) is 15.3. The van der Waals surface area contributed by atoms with Crippen molar-refractivity contribution >= 4 is 11.8 Å². The number of ether oxygens (including phenoxy) is 1. The minimum absolute atomic E-state index is 0.0340. The topological polar surface area (TPSA) is 76.5 Å². The molecule has 3 aromatic rings. The highest BCUT2D eigenvalue weighted by molar-refractivity contribution is 5.90. The SMILES string of the molecule is CCCCN1C(=O)CC(C(=O)NC(C)c2ccc(-n3ccnc3)cc2)C1c1ccc(OC)cc1. The molecular weight excluding hydrogens is 428 g/mol. The van der Waals surface area contributed by atoms with Crippen LogP contribution in [-0.2, 0) is 9.59 Å². The quantitative estimate of drug-likeness (QED) is 0.512. The van der Waals surface area contributed by atoms with Crippen molar-refractivity contribution in [3.05, 3.63) is 78.4 Å². The second-order valence-corrected chi connectivity index (χ2v) is 8.76. The summed E-state index contributed by atoms with van der Waals surface area (Å²) < 4.78 is 7.22. The molecule has 7 heteroatoms. The molecular formula is C27H32N4O3. The van der Waals surface area contributed by atoms with E-state index in [0.717, 1.165) is 35.4 Å². The number of nitrogens with one attached hydrogen (secondary N) is 1. The maximum absolute atomic E-state index is 13.4. The van der Waals surface area contributed by atoms with Crippen molar-refractivity contribution in [3.8, 4) is 11.4 Å². The smallest absolute Gasteiger partial charge is 0.226 e. The number of methoxy groups -OCH3 is 1. The van der Waals surface area contributed by atoms with Gasteiger partial charge in [-0.2, -0.15) is 0 Å². The van der Waals surface area contributed by atoms with Crippen LogP contribution in [0.3, 0.4) is 0 Å². The molecule has 2 heterocycles. The van der Waals surface area contributed by atoms with Crippen LogP contribution in [0.15, 0.2) is 67.3 Å². The number of likely N-dealkylation sites (tertiary alicyclic amines) is 1. The fourth-order valence-corrected chi connectivity index (χ4v) is 4.58. The van der Waals surface area contributed by atoms with Crippen LogP contribution in [0.2, 0.25) is 0 Å². The van der Waals surface area contributed by atoms with E-state index in [9.17, 15) is 9.59 Å². The zero-order valence-corrected chi connectivity index (χ0v) is 20.0. The van der Waals surface area contributed by atoms with Crippen LogP contribution in [-0.4, -0.2) is 39.9 Å². The third-order valence-electron chi connectivity index (χ3n) is 6.53. The average molecular weight is 461 g/mol. The second kappa shape index (κ2) is 10.5. The molecule has 4 rings (SSSR count). The Kier molecular flexibility index (Phi) is 7.30. The van der Waals surface area contributed by atoms with Crippen LogP contribution in [0.25, 0.3) is 5.69 Å². The van der Waals surface area contributed by atoms with Crippen LogP contribution in [0.5, 0.6) is 5.75 Å². The summed E-state index contributed by atoms with van der Waals surface area (Å²) in [5, 5.41) is 3.15. The van der Waals surface area contributed by atoms with Gasteiger partial charge in [0.25, 0.3) is 0 Å². The Hall–Kier alpha value is -3.61. The summed E-state index contributed by atoms with van der Waals surface area (Å²) in [6.45, 7) is 4.73. The monoisotopic (exact) mass is 460 g/mol. The van der Waals surface area contributed by atoms with Crippen molar-refractivity contribution in [1.29, 1.82) is 0 Å². The van der Waals surface area contributed by atoms with Gasteiger partial charge in [-0.25, -0.2) is 4.98 Å². The van der Waals surface area contributed by atoms with Crippen LogP contribution in [0.4, 0.5) is 0 Å². The van der Waals surface area contributed by atoms with E-state index >= 15 is 0 Å². The lowest BCUT2D eigenvalue weighted by Crippen LogP contribution is -2.37. The predicted octanol–water partition coefficient (Wildman–Crippen LogP) is 4.45. The maximum Gasteiger partial charge on any atom is 0.226 e. The summed E-state index contributed by atoms with van der Waals surface area (Å²) in [4.78, 5) is 32.3. The Morgan fingerprint density at radius 2 is 1.91 bits per heavy atom. The number of hydrogen-bond acceptors (Lipinski definition) is 4. The third kappa shape index (κ3) is 4.98. The fraction of sp³-hybridized carbons (Fsp3) is 0.370. The standard InChI is InChI=1S/C27H32N4O3/c1-4-5-15-31-25(32)17-24(26(31)21-8-12-23(34-3)13-9-21)27(33)29-19(2)20-6-10-22(11-7-20)30-16-14-28-18-30/h6-14,16,18-19,24,26H,4-5,15,17H2,1-3H3,(H,29,33). The molecule has 1 aromatic heterocycles. The Morgan fingerprint density at radius 1 is 1.18 bits per heavy atom. The number of benzene rings is 2. The third-order valence-corrected chi connectivity index (χ3v) is 6.53. The molecule has 0 aliphatic carbocycles. The van der Waals surface area contributed by atoms with E-state index in [0.29, 0.717) is 6.54 Å². The molecule has 2 aromatic carbocycles. The van der Waals surface area contributed by atoms with Crippen molar-refractivity contribution in [2.75, 3.05) is 13.7 Å². The van der Waals surface area contributed by atoms with Gasteiger partial charge >= 0.3 is 0 Å². The predicted molar refractivity (Wildman–Crippen MR) is 131 cm³/mol. The van der Waals surface area contributed by atoms with Gasteiger partial charge in [-0.15, -0.1) is 0 Å². The molecule has 0 radical (unpaired) electrons. The lowest BCUT2D eigenvalue weighted by atomic mass is 9.92. The summed E-state index contributed by atoms with van der Waals surface area (Å²) in [6.07, 6.45) is 7.50. The molecule has 178 valence electrons. The molecule has 2 amide bonds. The number of rotatable bonds is 9. The molecule has 7 nitrogen and oxygen atoms in total. The number of nitrogens with zero attached hydrogens (tertiary/aromatic N) is 3. The lowest BCUT2D eigenvalue weighted by molar-refractivity contribution is -0.129. The van der Waals surface area contributed by atoms with Crippen molar-refractivity contribution < 1.29 is 14.3 Å². The number of carbonyl (C=O) groups is 2. The van der Waals surface area contributed by atoms with E-state index in [4.69, 9.17) is 4.74 Å². The van der Waals surface area contributed by atoms with Crippen molar-refractivity contribution in [2.24, 2.45) is 5.92 Å². The zero-order chi connectivity index (χ0) is 24.1. The van der Waals surface area contributed by atoms with E-state index in [-0.39, 0.29) is 30.3 Å². The molecule has 0 spiro atoms. The van der Waals surface area contributed by atoms with E-state index < -0.39 is 5.92 Å². The first-order valence-corrected chi connectivity index (χ1v) is 11.8. The van der Waals surface area contributed by atoms with Gasteiger partial charge in [0.15, 0.2) is 0 Å². The largest absolute Gasteiger partial charge is 0.497 e. The Morgan fingerprint density at radius 3 is 2.53 bits per heavy atom. The van der Waals surface area contributed by atoms with Crippen molar-refractivity contribution in [2.45, 2.75) is 45.2 Å². The van der Waals surface area contributed by atoms with Crippen LogP contribution < -0.4 is 10.1 Å². The van der Waals surface area contributed by atoms with Crippen LogP contribution in [0, 0.1) is 5.92 Å². The highest BCUT2D eigenvalue weighted by Crippen LogP contribution is 2.39. The van der Waals surface area contributed by atoms with E-state index in [1.165, 1.54) is 0 Å². The van der Waals surface area contributed by atoms with Crippen LogP contribution in [0.1, 0.15) is 56.3 Å². The molecule has 3 unspecified atom stereocenters. The lowest BCUT2D eigenvalue weighted by Gasteiger charge is -2.29. The first-order chi connectivity index (χ1) is 16.5. The van der Waals surface area contributed by atoms with Gasteiger partial charge in [0.2, 0.25) is 11.8 Å². The zero-order valence-electron chi connectivity index (χ0n) is 20.0. The Balaban J connectivity index is 1.51. The molecule has 1 saturated heterocycles. The first kappa shape index (κ1) is 23.5. The average Bonchev–Trinajstić information content (AvgIpc) is 3.51. The first-order valence-electron chi connectivity index (χ1n) is 11.8. The van der Waals surface area contributed by atoms with Gasteiger partial charge in [-0.05, 0) is 48.7 Å². The number of unbranched alkanes of at least 4 members (excludes halogenated alkanes) is 1. The second-order valence-electron chi connectivity index (χ2n) is 8.76. The molecule has 3 atom stereocenters. The normalized spacial score (nSPS) is 18.7. The minimum atomic E-state index is -0.439. The van der Waals surface area contributed by atoms with Gasteiger partial charge in [0, 0.05) is 31.0 Å². The minimum Gasteiger partial charge on any atom is -0.497 e. The number of amides is 2. The van der Waals surface area contributed by atoms with Gasteiger partial charge in [0.1, 0.15) is 5.75 Å². The van der Waals surface area contributed by atoms with Crippen LogP contribution >= 0.6 is 0 Å². The van der Waals surface area contributed by atoms with Crippen molar-refractivity contribution in [3.63, 3.8) is 0 Å². The maximum atomic E-state index is 13.4. The summed E-state index contributed by atoms with van der Waals surface area (Å²) in [5.74, 6) is 0.249.